The molecule has 1 heterocycles. The molecule has 1 saturated heterocycles. The maximum atomic E-state index is 11.6. The minimum atomic E-state index is -0.589. The number of hydrogen-bond donors (Lipinski definition) is 1. The van der Waals surface area contributed by atoms with Crippen molar-refractivity contribution in [2.24, 2.45) is 0 Å². The van der Waals surface area contributed by atoms with Gasteiger partial charge in [0.1, 0.15) is 18.5 Å². The van der Waals surface area contributed by atoms with Gasteiger partial charge in [-0.1, -0.05) is 11.6 Å². The van der Waals surface area contributed by atoms with Crippen LogP contribution in [0.5, 0.6) is 5.75 Å². The van der Waals surface area contributed by atoms with Crippen LogP contribution in [0.3, 0.4) is 0 Å². The Balaban J connectivity index is 1.71. The number of rotatable bonds is 6. The van der Waals surface area contributed by atoms with Gasteiger partial charge in [0.25, 0.3) is 0 Å². The van der Waals surface area contributed by atoms with Crippen molar-refractivity contribution in [3.05, 3.63) is 28.8 Å². The van der Waals surface area contributed by atoms with Gasteiger partial charge < -0.3 is 19.5 Å². The van der Waals surface area contributed by atoms with Crippen molar-refractivity contribution in [2.75, 3.05) is 45.9 Å². The van der Waals surface area contributed by atoms with Crippen LogP contribution in [0.25, 0.3) is 0 Å². The molecule has 0 radical (unpaired) electrons. The summed E-state index contributed by atoms with van der Waals surface area (Å²) in [6.45, 7) is 7.51. The lowest BCUT2D eigenvalue weighted by Gasteiger charge is -2.34. The molecule has 0 bridgehead atoms. The number of aliphatic hydroxyl groups is 1. The van der Waals surface area contributed by atoms with Crippen molar-refractivity contribution in [2.45, 2.75) is 20.0 Å². The molecule has 1 N–H and O–H groups in total. The average molecular weight is 357 g/mol. The van der Waals surface area contributed by atoms with E-state index in [1.165, 1.54) is 0 Å². The van der Waals surface area contributed by atoms with Crippen LogP contribution < -0.4 is 4.74 Å². The first-order chi connectivity index (χ1) is 11.5. The van der Waals surface area contributed by atoms with Crippen LogP contribution in [-0.4, -0.2) is 73.0 Å². The van der Waals surface area contributed by atoms with Gasteiger partial charge in [-0.15, -0.1) is 0 Å². The Bertz CT molecular complexity index is 547. The number of piperazine rings is 1. The van der Waals surface area contributed by atoms with Crippen molar-refractivity contribution in [3.8, 4) is 5.75 Å². The Morgan fingerprint density at radius 2 is 2.04 bits per heavy atom. The lowest BCUT2D eigenvalue weighted by Crippen LogP contribution is -2.51. The van der Waals surface area contributed by atoms with Gasteiger partial charge >= 0.3 is 6.09 Å². The molecule has 134 valence electrons. The zero-order valence-corrected chi connectivity index (χ0v) is 15.0. The van der Waals surface area contributed by atoms with Crippen LogP contribution >= 0.6 is 11.6 Å². The molecule has 1 aromatic rings. The topological polar surface area (TPSA) is 62.2 Å². The normalized spacial score (nSPS) is 16.8. The third-order valence-electron chi connectivity index (χ3n) is 3.94. The number of halogens is 1. The van der Waals surface area contributed by atoms with Gasteiger partial charge in [-0.2, -0.15) is 0 Å². The lowest BCUT2D eigenvalue weighted by atomic mass is 10.2. The van der Waals surface area contributed by atoms with Crippen molar-refractivity contribution in [1.82, 2.24) is 9.80 Å². The highest BCUT2D eigenvalue weighted by atomic mass is 35.5. The van der Waals surface area contributed by atoms with E-state index in [1.807, 2.05) is 19.1 Å². The minimum Gasteiger partial charge on any atom is -0.491 e. The fraction of sp³-hybridized carbons (Fsp3) is 0.588. The summed E-state index contributed by atoms with van der Waals surface area (Å²) in [5.74, 6) is 0.727. The second-order valence-corrected chi connectivity index (χ2v) is 6.30. The minimum absolute atomic E-state index is 0.223. The summed E-state index contributed by atoms with van der Waals surface area (Å²) >= 11 is 5.91. The predicted octanol–water partition coefficient (Wildman–Crippen LogP) is 2.16. The highest BCUT2D eigenvalue weighted by molar-refractivity contribution is 6.30. The SMILES string of the molecule is CCOC(=O)N1CCN(C[C@H](O)COc2ccc(Cl)cc2C)CC1. The van der Waals surface area contributed by atoms with Crippen molar-refractivity contribution >= 4 is 17.7 Å². The summed E-state index contributed by atoms with van der Waals surface area (Å²) in [6, 6.07) is 5.41. The van der Waals surface area contributed by atoms with Gasteiger partial charge in [-0.3, -0.25) is 4.90 Å². The Morgan fingerprint density at radius 3 is 2.67 bits per heavy atom. The standard InChI is InChI=1S/C17H25ClN2O4/c1-3-23-17(22)20-8-6-19(7-9-20)11-15(21)12-24-16-5-4-14(18)10-13(16)2/h4-5,10,15,21H,3,6-9,11-12H2,1-2H3/t15-/m0/s1. The van der Waals surface area contributed by atoms with E-state index >= 15 is 0 Å². The molecule has 0 aromatic heterocycles. The Labute approximate surface area is 147 Å². The molecule has 1 fully saturated rings. The van der Waals surface area contributed by atoms with E-state index < -0.39 is 6.10 Å². The predicted molar refractivity (Wildman–Crippen MR) is 92.7 cm³/mol. The first kappa shape index (κ1) is 18.8. The third kappa shape index (κ3) is 5.54. The maximum absolute atomic E-state index is 11.6. The molecule has 7 heteroatoms. The molecule has 0 saturated carbocycles. The van der Waals surface area contributed by atoms with Gasteiger partial charge in [-0.05, 0) is 37.6 Å². The van der Waals surface area contributed by atoms with E-state index in [1.54, 1.807) is 17.9 Å². The first-order valence-corrected chi connectivity index (χ1v) is 8.58. The van der Waals surface area contributed by atoms with E-state index in [0.29, 0.717) is 31.3 Å². The number of amides is 1. The number of ether oxygens (including phenoxy) is 2. The molecule has 1 aromatic carbocycles. The van der Waals surface area contributed by atoms with Crippen molar-refractivity contribution < 1.29 is 19.4 Å². The van der Waals surface area contributed by atoms with Gasteiger partial charge in [0.15, 0.2) is 0 Å². The molecule has 6 nitrogen and oxygen atoms in total. The van der Waals surface area contributed by atoms with E-state index in [9.17, 15) is 9.90 Å². The van der Waals surface area contributed by atoms with Crippen molar-refractivity contribution in [1.29, 1.82) is 0 Å². The highest BCUT2D eigenvalue weighted by Gasteiger charge is 2.23. The summed E-state index contributed by atoms with van der Waals surface area (Å²) < 4.78 is 10.7. The summed E-state index contributed by atoms with van der Waals surface area (Å²) in [5.41, 5.74) is 0.942. The van der Waals surface area contributed by atoms with E-state index in [2.05, 4.69) is 4.90 Å². The van der Waals surface area contributed by atoms with Gasteiger partial charge in [0.2, 0.25) is 0 Å². The zero-order chi connectivity index (χ0) is 17.5. The van der Waals surface area contributed by atoms with Crippen LogP contribution in [0.2, 0.25) is 5.02 Å². The van der Waals surface area contributed by atoms with Gasteiger partial charge in [0, 0.05) is 37.7 Å². The van der Waals surface area contributed by atoms with Crippen LogP contribution in [0.4, 0.5) is 4.79 Å². The van der Waals surface area contributed by atoms with Gasteiger partial charge in [0.05, 0.1) is 6.61 Å². The summed E-state index contributed by atoms with van der Waals surface area (Å²) in [6.07, 6.45) is -0.853. The van der Waals surface area contributed by atoms with E-state index in [-0.39, 0.29) is 12.7 Å². The first-order valence-electron chi connectivity index (χ1n) is 8.20. The molecule has 0 spiro atoms. The second-order valence-electron chi connectivity index (χ2n) is 5.86. The molecule has 2 rings (SSSR count). The molecule has 1 atom stereocenters. The van der Waals surface area contributed by atoms with Crippen molar-refractivity contribution in [3.63, 3.8) is 0 Å². The van der Waals surface area contributed by atoms with Crippen LogP contribution in [0.1, 0.15) is 12.5 Å². The Kier molecular flexibility index (Phi) is 7.15. The summed E-state index contributed by atoms with van der Waals surface area (Å²) in [7, 11) is 0. The molecule has 0 unspecified atom stereocenters. The lowest BCUT2D eigenvalue weighted by molar-refractivity contribution is 0.0406. The monoisotopic (exact) mass is 356 g/mol. The average Bonchev–Trinajstić information content (AvgIpc) is 2.55. The third-order valence-corrected chi connectivity index (χ3v) is 4.17. The molecule has 24 heavy (non-hydrogen) atoms. The Morgan fingerprint density at radius 1 is 1.33 bits per heavy atom. The molecule has 1 aliphatic rings. The number of aryl methyl sites for hydroxylation is 1. The molecule has 1 amide bonds. The largest absolute Gasteiger partial charge is 0.491 e. The quantitative estimate of drug-likeness (QED) is 0.846. The number of hydrogen-bond acceptors (Lipinski definition) is 5. The van der Waals surface area contributed by atoms with Crippen LogP contribution in [-0.2, 0) is 4.74 Å². The number of benzene rings is 1. The van der Waals surface area contributed by atoms with E-state index in [4.69, 9.17) is 21.1 Å². The molecule has 0 aliphatic carbocycles. The zero-order valence-electron chi connectivity index (χ0n) is 14.2. The molecular formula is C17H25ClN2O4. The van der Waals surface area contributed by atoms with Crippen LogP contribution in [0, 0.1) is 6.92 Å². The van der Waals surface area contributed by atoms with Crippen LogP contribution in [0.15, 0.2) is 18.2 Å². The molecular weight excluding hydrogens is 332 g/mol. The fourth-order valence-electron chi connectivity index (χ4n) is 2.64. The molecule has 1 aliphatic heterocycles. The number of carbonyl (C=O) groups is 1. The smallest absolute Gasteiger partial charge is 0.409 e. The fourth-order valence-corrected chi connectivity index (χ4v) is 2.87. The van der Waals surface area contributed by atoms with E-state index in [0.717, 1.165) is 24.4 Å². The summed E-state index contributed by atoms with van der Waals surface area (Å²) in [4.78, 5) is 15.5. The highest BCUT2D eigenvalue weighted by Crippen LogP contribution is 2.21. The number of carbonyl (C=O) groups excluding carboxylic acids is 1. The number of nitrogens with zero attached hydrogens (tertiary/aromatic N) is 2. The van der Waals surface area contributed by atoms with Gasteiger partial charge in [-0.25, -0.2) is 4.79 Å². The second kappa shape index (κ2) is 9.11. The maximum Gasteiger partial charge on any atom is 0.409 e. The summed E-state index contributed by atoms with van der Waals surface area (Å²) in [5, 5.41) is 10.8. The number of β-amino-alcohol motifs (C(OH)–C–C–N with tert-alkyl or cyclic N) is 1. The Hall–Kier alpha value is -1.50. The number of aliphatic hydroxyl groups excluding tert-OH is 1.